The molecule has 0 atom stereocenters. The largest absolute Gasteiger partial charge is 0.493 e. The van der Waals surface area contributed by atoms with Gasteiger partial charge in [0.15, 0.2) is 0 Å². The molecule has 2 aromatic rings. The van der Waals surface area contributed by atoms with Crippen LogP contribution in [0.2, 0.25) is 0 Å². The number of aromatic nitrogens is 2. The van der Waals surface area contributed by atoms with Crippen LogP contribution in [-0.4, -0.2) is 20.1 Å². The van der Waals surface area contributed by atoms with Crippen LogP contribution >= 0.6 is 0 Å². The third kappa shape index (κ3) is 1.79. The summed E-state index contributed by atoms with van der Waals surface area (Å²) in [5.41, 5.74) is -1.43. The van der Waals surface area contributed by atoms with Gasteiger partial charge in [-0.25, -0.2) is 22.7 Å². The summed E-state index contributed by atoms with van der Waals surface area (Å²) in [5.74, 6) is -2.96. The molecule has 94 valence electrons. The van der Waals surface area contributed by atoms with Crippen molar-refractivity contribution >= 4 is 5.91 Å². The highest BCUT2D eigenvalue weighted by molar-refractivity contribution is 5.76. The van der Waals surface area contributed by atoms with Gasteiger partial charge in [-0.15, -0.1) is 0 Å². The third-order valence-electron chi connectivity index (χ3n) is 2.36. The van der Waals surface area contributed by atoms with Crippen LogP contribution in [-0.2, 0) is 0 Å². The Labute approximate surface area is 99.5 Å². The van der Waals surface area contributed by atoms with E-state index in [0.29, 0.717) is 9.13 Å². The first kappa shape index (κ1) is 12.0. The lowest BCUT2D eigenvalue weighted by Gasteiger charge is -2.04. The molecule has 2 rings (SSSR count). The van der Waals surface area contributed by atoms with E-state index >= 15 is 0 Å². The third-order valence-corrected chi connectivity index (χ3v) is 2.36. The number of rotatable bonds is 1. The number of benzene rings is 1. The minimum atomic E-state index is -0.968. The first-order chi connectivity index (χ1) is 8.41. The normalized spacial score (nSPS) is 10.6. The Morgan fingerprint density at radius 2 is 2.00 bits per heavy atom. The Balaban J connectivity index is 2.76. The molecule has 0 unspecified atom stereocenters. The molecule has 1 aromatic heterocycles. The number of hydrogen-bond donors (Lipinski definition) is 1. The second kappa shape index (κ2) is 4.10. The maximum absolute atomic E-state index is 13.5. The van der Waals surface area contributed by atoms with E-state index in [1.54, 1.807) is 0 Å². The number of imidazole rings is 1. The van der Waals surface area contributed by atoms with E-state index in [4.69, 9.17) is 0 Å². The number of nitrogens with zero attached hydrogens (tertiary/aromatic N) is 2. The molecule has 0 fully saturated rings. The van der Waals surface area contributed by atoms with Gasteiger partial charge in [0.2, 0.25) is 11.8 Å². The Bertz CT molecular complexity index is 688. The van der Waals surface area contributed by atoms with Crippen LogP contribution in [0.15, 0.2) is 29.2 Å². The van der Waals surface area contributed by atoms with E-state index in [1.165, 1.54) is 0 Å². The Morgan fingerprint density at radius 3 is 2.56 bits per heavy atom. The lowest BCUT2D eigenvalue weighted by Crippen LogP contribution is -2.26. The molecular weight excluding hydrogens is 246 g/mol. The van der Waals surface area contributed by atoms with Crippen molar-refractivity contribution in [1.82, 2.24) is 9.13 Å². The van der Waals surface area contributed by atoms with Crippen LogP contribution in [0.4, 0.5) is 8.78 Å². The molecule has 1 N–H and O–H groups in total. The van der Waals surface area contributed by atoms with Crippen molar-refractivity contribution in [2.24, 2.45) is 0 Å². The lowest BCUT2D eigenvalue weighted by molar-refractivity contribution is 0.0932. The highest BCUT2D eigenvalue weighted by Crippen LogP contribution is 2.18. The molecule has 0 aliphatic rings. The smallest absolute Gasteiger partial charge is 0.342 e. The summed E-state index contributed by atoms with van der Waals surface area (Å²) in [4.78, 5) is 22.8. The number of aromatic hydroxyl groups is 1. The molecule has 1 aromatic carbocycles. The van der Waals surface area contributed by atoms with Gasteiger partial charge in [-0.3, -0.25) is 4.79 Å². The molecule has 0 saturated carbocycles. The molecule has 5 nitrogen and oxygen atoms in total. The van der Waals surface area contributed by atoms with E-state index in [1.807, 2.05) is 0 Å². The Hall–Kier alpha value is -2.44. The summed E-state index contributed by atoms with van der Waals surface area (Å²) >= 11 is 0. The minimum absolute atomic E-state index is 0.461. The molecule has 0 spiro atoms. The fraction of sp³-hybridized carbons (Fsp3) is 0.0909. The maximum atomic E-state index is 13.5. The molecular formula is C11H8F2N2O3. The zero-order chi connectivity index (χ0) is 13.4. The molecule has 0 aliphatic heterocycles. The van der Waals surface area contributed by atoms with Crippen LogP contribution in [0.5, 0.6) is 5.88 Å². The summed E-state index contributed by atoms with van der Waals surface area (Å²) in [6.07, 6.45) is 0.842. The average Bonchev–Trinajstić information content (AvgIpc) is 2.58. The molecule has 1 heterocycles. The summed E-state index contributed by atoms with van der Waals surface area (Å²) < 4.78 is 27.6. The number of hydrogen-bond acceptors (Lipinski definition) is 3. The minimum Gasteiger partial charge on any atom is -0.493 e. The van der Waals surface area contributed by atoms with E-state index in [-0.39, 0.29) is 0 Å². The first-order valence-corrected chi connectivity index (χ1v) is 4.91. The molecule has 0 bridgehead atoms. The van der Waals surface area contributed by atoms with Gasteiger partial charge in [0, 0.05) is 13.0 Å². The van der Waals surface area contributed by atoms with Crippen molar-refractivity contribution in [3.8, 4) is 11.6 Å². The predicted molar refractivity (Wildman–Crippen MR) is 57.9 cm³/mol. The second-order valence-corrected chi connectivity index (χ2v) is 3.59. The van der Waals surface area contributed by atoms with Gasteiger partial charge in [-0.2, -0.15) is 0 Å². The van der Waals surface area contributed by atoms with Crippen LogP contribution in [0.25, 0.3) is 5.69 Å². The average molecular weight is 254 g/mol. The van der Waals surface area contributed by atoms with Crippen molar-refractivity contribution in [1.29, 1.82) is 0 Å². The summed E-state index contributed by atoms with van der Waals surface area (Å²) in [5, 5.41) is 9.53. The van der Waals surface area contributed by atoms with Crippen molar-refractivity contribution in [3.63, 3.8) is 0 Å². The summed E-state index contributed by atoms with van der Waals surface area (Å²) in [6.45, 7) is 1.10. The number of carbonyl (C=O) groups excluding carboxylic acids is 1. The Morgan fingerprint density at radius 1 is 1.33 bits per heavy atom. The number of halogens is 2. The van der Waals surface area contributed by atoms with Crippen LogP contribution < -0.4 is 5.69 Å². The second-order valence-electron chi connectivity index (χ2n) is 3.59. The fourth-order valence-corrected chi connectivity index (χ4v) is 1.54. The van der Waals surface area contributed by atoms with Crippen LogP contribution in [0.1, 0.15) is 11.7 Å². The van der Waals surface area contributed by atoms with Crippen molar-refractivity contribution in [2.45, 2.75) is 6.92 Å². The van der Waals surface area contributed by atoms with E-state index in [9.17, 15) is 23.5 Å². The highest BCUT2D eigenvalue weighted by Gasteiger charge is 2.17. The van der Waals surface area contributed by atoms with Gasteiger partial charge in [0.05, 0.1) is 11.9 Å². The monoisotopic (exact) mass is 254 g/mol. The predicted octanol–water partition coefficient (Wildman–Crippen LogP) is 1.28. The molecule has 0 aliphatic carbocycles. The van der Waals surface area contributed by atoms with Gasteiger partial charge in [0.1, 0.15) is 11.6 Å². The molecule has 0 saturated heterocycles. The molecule has 0 radical (unpaired) electrons. The van der Waals surface area contributed by atoms with Gasteiger partial charge < -0.3 is 5.11 Å². The quantitative estimate of drug-likeness (QED) is 0.833. The van der Waals surface area contributed by atoms with Crippen LogP contribution in [0, 0.1) is 11.6 Å². The van der Waals surface area contributed by atoms with E-state index in [0.717, 1.165) is 31.3 Å². The van der Waals surface area contributed by atoms with E-state index in [2.05, 4.69) is 0 Å². The van der Waals surface area contributed by atoms with Crippen molar-refractivity contribution in [2.75, 3.05) is 0 Å². The lowest BCUT2D eigenvalue weighted by atomic mass is 10.3. The zero-order valence-electron chi connectivity index (χ0n) is 9.22. The van der Waals surface area contributed by atoms with Crippen LogP contribution in [0.3, 0.4) is 0 Å². The standard InChI is InChI=1S/C11H8F2N2O3/c1-6(16)14-5-10(17)15(11(14)18)9-4-7(12)2-3-8(9)13/h2-5,17H,1H3. The molecule has 18 heavy (non-hydrogen) atoms. The van der Waals surface area contributed by atoms with Gasteiger partial charge >= 0.3 is 5.69 Å². The fourth-order valence-electron chi connectivity index (χ4n) is 1.54. The summed E-state index contributed by atoms with van der Waals surface area (Å²) in [6, 6.07) is 2.45. The van der Waals surface area contributed by atoms with Crippen molar-refractivity contribution in [3.05, 3.63) is 46.5 Å². The summed E-state index contributed by atoms with van der Waals surface area (Å²) in [7, 11) is 0. The topological polar surface area (TPSA) is 64.2 Å². The van der Waals surface area contributed by atoms with E-state index < -0.39 is 34.8 Å². The van der Waals surface area contributed by atoms with Gasteiger partial charge in [-0.05, 0) is 12.1 Å². The first-order valence-electron chi connectivity index (χ1n) is 4.91. The highest BCUT2D eigenvalue weighted by atomic mass is 19.1. The van der Waals surface area contributed by atoms with Gasteiger partial charge in [-0.1, -0.05) is 0 Å². The number of carbonyl (C=O) groups is 1. The maximum Gasteiger partial charge on any atom is 0.342 e. The Kier molecular flexibility index (Phi) is 2.74. The van der Waals surface area contributed by atoms with Gasteiger partial charge in [0.25, 0.3) is 0 Å². The van der Waals surface area contributed by atoms with Crippen molar-refractivity contribution < 1.29 is 18.7 Å². The molecule has 7 heteroatoms. The SMILES string of the molecule is CC(=O)n1cc(O)n(-c2cc(F)ccc2F)c1=O. The molecule has 0 amide bonds. The zero-order valence-corrected chi connectivity index (χ0v) is 9.22.